The Morgan fingerprint density at radius 3 is 2.04 bits per heavy atom. The Bertz CT molecular complexity index is 880. The minimum Gasteiger partial charge on any atom is -0.496 e. The Morgan fingerprint density at radius 2 is 1.43 bits per heavy atom. The minimum atomic E-state index is 0.00845. The van der Waals surface area contributed by atoms with Crippen LogP contribution in [0.4, 0.5) is 0 Å². The first kappa shape index (κ1) is 19.8. The van der Waals surface area contributed by atoms with Crippen molar-refractivity contribution < 1.29 is 33.4 Å². The maximum absolute atomic E-state index is 13.2. The van der Waals surface area contributed by atoms with Crippen LogP contribution in [0.5, 0.6) is 28.7 Å². The van der Waals surface area contributed by atoms with Crippen LogP contribution in [-0.4, -0.2) is 48.0 Å². The molecule has 1 amide bonds. The molecule has 150 valence electrons. The summed E-state index contributed by atoms with van der Waals surface area (Å²) in [5.74, 6) is 3.04. The van der Waals surface area contributed by atoms with Crippen molar-refractivity contribution in [3.63, 3.8) is 0 Å². The molecule has 7 nitrogen and oxygen atoms in total. The molecule has 0 aliphatic carbocycles. The summed E-state index contributed by atoms with van der Waals surface area (Å²) in [6.45, 7) is 1.08. The number of hydrogen-bond donors (Lipinski definition) is 1. The molecule has 2 aromatic carbocycles. The van der Waals surface area contributed by atoms with Gasteiger partial charge in [0.15, 0.2) is 23.0 Å². The van der Waals surface area contributed by atoms with Crippen molar-refractivity contribution in [1.29, 1.82) is 0 Å². The van der Waals surface area contributed by atoms with E-state index in [1.807, 2.05) is 12.1 Å². The third-order valence-electron chi connectivity index (χ3n) is 5.09. The molecule has 1 atom stereocenters. The molecule has 0 bridgehead atoms. The number of methoxy groups -OCH3 is 5. The van der Waals surface area contributed by atoms with Crippen LogP contribution in [0.25, 0.3) is 0 Å². The molecule has 1 heterocycles. The zero-order valence-electron chi connectivity index (χ0n) is 16.9. The number of carbonyl (C=O) groups is 1. The number of amides is 1. The molecule has 0 saturated carbocycles. The molecule has 1 aliphatic rings. The number of benzene rings is 2. The molecule has 1 aliphatic heterocycles. The van der Waals surface area contributed by atoms with Crippen LogP contribution in [0.15, 0.2) is 24.3 Å². The Hall–Kier alpha value is -2.93. The highest BCUT2D eigenvalue weighted by Gasteiger charge is 2.33. The van der Waals surface area contributed by atoms with E-state index in [4.69, 9.17) is 23.7 Å². The molecule has 1 N–H and O–H groups in total. The van der Waals surface area contributed by atoms with E-state index in [2.05, 4.69) is 0 Å². The number of ether oxygens (including phenoxy) is 5. The van der Waals surface area contributed by atoms with Crippen molar-refractivity contribution in [2.45, 2.75) is 13.0 Å². The van der Waals surface area contributed by atoms with Gasteiger partial charge in [-0.15, -0.1) is 0 Å². The van der Waals surface area contributed by atoms with E-state index in [1.165, 1.54) is 0 Å². The fourth-order valence-electron chi connectivity index (χ4n) is 3.64. The van der Waals surface area contributed by atoms with Gasteiger partial charge >= 0.3 is 5.91 Å². The van der Waals surface area contributed by atoms with Crippen LogP contribution in [0.1, 0.15) is 21.5 Å². The minimum absolute atomic E-state index is 0.00845. The van der Waals surface area contributed by atoms with Gasteiger partial charge in [0.25, 0.3) is 0 Å². The quantitative estimate of drug-likeness (QED) is 0.776. The van der Waals surface area contributed by atoms with Gasteiger partial charge in [-0.1, -0.05) is 0 Å². The highest BCUT2D eigenvalue weighted by Crippen LogP contribution is 2.37. The second kappa shape index (κ2) is 8.39. The molecular weight excluding hydrogens is 362 g/mol. The lowest BCUT2D eigenvalue weighted by molar-refractivity contribution is -0.830. The first-order valence-electron chi connectivity index (χ1n) is 9.00. The van der Waals surface area contributed by atoms with Crippen LogP contribution in [0.3, 0.4) is 0 Å². The lowest BCUT2D eigenvalue weighted by Gasteiger charge is -2.26. The second-order valence-corrected chi connectivity index (χ2v) is 6.46. The molecular formula is C21H26NO6+. The van der Waals surface area contributed by atoms with Gasteiger partial charge in [-0.3, -0.25) is 4.90 Å². The Balaban J connectivity index is 1.97. The first-order chi connectivity index (χ1) is 13.6. The normalized spacial score (nSPS) is 15.6. The summed E-state index contributed by atoms with van der Waals surface area (Å²) in [4.78, 5) is 14.0. The van der Waals surface area contributed by atoms with Crippen molar-refractivity contribution in [2.24, 2.45) is 0 Å². The summed E-state index contributed by atoms with van der Waals surface area (Å²) in [5.41, 5.74) is 2.42. The predicted octanol–water partition coefficient (Wildman–Crippen LogP) is 1.51. The van der Waals surface area contributed by atoms with E-state index < -0.39 is 0 Å². The van der Waals surface area contributed by atoms with Gasteiger partial charge in [0.05, 0.1) is 53.2 Å². The van der Waals surface area contributed by atoms with Gasteiger partial charge in [-0.2, -0.15) is 0 Å². The monoisotopic (exact) mass is 388 g/mol. The van der Waals surface area contributed by atoms with Crippen LogP contribution in [0.2, 0.25) is 0 Å². The van der Waals surface area contributed by atoms with E-state index in [0.717, 1.165) is 22.4 Å². The number of nitrogens with one attached hydrogen (secondary N) is 1. The smallest absolute Gasteiger partial charge is 0.344 e. The third-order valence-corrected chi connectivity index (χ3v) is 5.09. The molecule has 0 spiro atoms. The van der Waals surface area contributed by atoms with Gasteiger partial charge in [-0.25, -0.2) is 4.79 Å². The molecule has 0 saturated heterocycles. The van der Waals surface area contributed by atoms with Gasteiger partial charge < -0.3 is 23.7 Å². The van der Waals surface area contributed by atoms with Crippen molar-refractivity contribution in [3.8, 4) is 28.7 Å². The number of fused-ring (bicyclic) bond motifs is 1. The molecule has 7 heteroatoms. The highest BCUT2D eigenvalue weighted by molar-refractivity contribution is 5.91. The topological polar surface area (TPSA) is 67.7 Å². The molecule has 0 fully saturated rings. The molecule has 2 aromatic rings. The molecule has 28 heavy (non-hydrogen) atoms. The second-order valence-electron chi connectivity index (χ2n) is 6.46. The number of hydrogen-bond acceptors (Lipinski definition) is 6. The van der Waals surface area contributed by atoms with Gasteiger partial charge in [-0.05, 0) is 23.8 Å². The predicted molar refractivity (Wildman–Crippen MR) is 103 cm³/mol. The zero-order valence-corrected chi connectivity index (χ0v) is 16.9. The largest absolute Gasteiger partial charge is 0.496 e. The lowest BCUT2D eigenvalue weighted by Crippen LogP contribution is -3.14. The Morgan fingerprint density at radius 1 is 0.821 bits per heavy atom. The summed E-state index contributed by atoms with van der Waals surface area (Å²) in [6, 6.07) is 7.26. The summed E-state index contributed by atoms with van der Waals surface area (Å²) in [6.07, 6.45) is 0.755. The van der Waals surface area contributed by atoms with Crippen molar-refractivity contribution in [3.05, 3.63) is 41.0 Å². The zero-order chi connectivity index (χ0) is 20.3. The van der Waals surface area contributed by atoms with Gasteiger partial charge in [0, 0.05) is 12.5 Å². The summed E-state index contributed by atoms with van der Waals surface area (Å²) in [7, 11) is 7.93. The Kier molecular flexibility index (Phi) is 5.94. The van der Waals surface area contributed by atoms with E-state index >= 15 is 0 Å². The van der Waals surface area contributed by atoms with Crippen LogP contribution in [-0.2, 0) is 13.0 Å². The van der Waals surface area contributed by atoms with E-state index in [0.29, 0.717) is 47.4 Å². The van der Waals surface area contributed by atoms with Crippen LogP contribution < -0.4 is 28.6 Å². The maximum atomic E-state index is 13.2. The average Bonchev–Trinajstić information content (AvgIpc) is 2.74. The number of quaternary nitrogens is 1. The SMILES string of the molecule is COc1cc2c(cc1OC)C(=O)[NH+](Cc1c(OC)ccc(OC)c1OC)CC2. The van der Waals surface area contributed by atoms with E-state index in [9.17, 15) is 4.79 Å². The first-order valence-corrected chi connectivity index (χ1v) is 9.00. The number of carbonyl (C=O) groups excluding carboxylic acids is 1. The average molecular weight is 388 g/mol. The summed E-state index contributed by atoms with van der Waals surface area (Å²) >= 11 is 0. The van der Waals surface area contributed by atoms with Crippen LogP contribution in [0, 0.1) is 0 Å². The maximum Gasteiger partial charge on any atom is 0.344 e. The number of rotatable bonds is 7. The third kappa shape index (κ3) is 3.45. The molecule has 3 rings (SSSR count). The van der Waals surface area contributed by atoms with Crippen molar-refractivity contribution >= 4 is 5.91 Å². The molecule has 1 unspecified atom stereocenters. The van der Waals surface area contributed by atoms with Crippen molar-refractivity contribution in [1.82, 2.24) is 0 Å². The van der Waals surface area contributed by atoms with E-state index in [1.54, 1.807) is 47.7 Å². The van der Waals surface area contributed by atoms with Crippen molar-refractivity contribution in [2.75, 3.05) is 42.1 Å². The standard InChI is InChI=1S/C21H25NO6/c1-24-16-6-7-17(25-2)20(28-5)15(16)12-22-9-8-13-10-18(26-3)19(27-4)11-14(13)21(22)23/h6-7,10-11H,8-9,12H2,1-5H3/p+1. The van der Waals surface area contributed by atoms with Gasteiger partial charge in [0.1, 0.15) is 12.3 Å². The fourth-order valence-corrected chi connectivity index (χ4v) is 3.64. The van der Waals surface area contributed by atoms with Gasteiger partial charge in [0.2, 0.25) is 0 Å². The highest BCUT2D eigenvalue weighted by atomic mass is 16.5. The lowest BCUT2D eigenvalue weighted by atomic mass is 9.97. The fraction of sp³-hybridized carbons (Fsp3) is 0.381. The van der Waals surface area contributed by atoms with Crippen LogP contribution >= 0.6 is 0 Å². The molecule has 0 radical (unpaired) electrons. The summed E-state index contributed by atoms with van der Waals surface area (Å²) in [5, 5.41) is 0. The Labute approximate surface area is 164 Å². The van der Waals surface area contributed by atoms with E-state index in [-0.39, 0.29) is 5.91 Å². The molecule has 0 aromatic heterocycles. The summed E-state index contributed by atoms with van der Waals surface area (Å²) < 4.78 is 27.2.